The first kappa shape index (κ1) is 14.1. The standard InChI is InChI=1S/C13H14BrNO3S/c1-6(2)8-9(15)11(13(16)17-3)19-10(8)7-4-5-18-12(7)14/h4-6H,15H2,1-3H3. The molecule has 0 radical (unpaired) electrons. The van der Waals surface area contributed by atoms with E-state index in [0.717, 1.165) is 16.0 Å². The summed E-state index contributed by atoms with van der Waals surface area (Å²) in [6, 6.07) is 1.85. The summed E-state index contributed by atoms with van der Waals surface area (Å²) in [5.74, 6) is -0.207. The minimum Gasteiger partial charge on any atom is -0.465 e. The number of nitrogens with two attached hydrogens (primary N) is 1. The van der Waals surface area contributed by atoms with E-state index in [9.17, 15) is 4.79 Å². The highest BCUT2D eigenvalue weighted by atomic mass is 79.9. The molecule has 2 heterocycles. The number of hydrogen-bond donors (Lipinski definition) is 1. The molecular formula is C13H14BrNO3S. The number of furan rings is 1. The molecule has 4 nitrogen and oxygen atoms in total. The molecule has 0 aromatic carbocycles. The first-order chi connectivity index (χ1) is 8.97. The highest BCUT2D eigenvalue weighted by Crippen LogP contribution is 2.45. The number of rotatable bonds is 3. The third-order valence-corrected chi connectivity index (χ3v) is 4.64. The molecule has 0 saturated heterocycles. The van der Waals surface area contributed by atoms with Gasteiger partial charge in [0.25, 0.3) is 0 Å². The van der Waals surface area contributed by atoms with E-state index in [1.807, 2.05) is 19.9 Å². The SMILES string of the molecule is COC(=O)c1sc(-c2ccoc2Br)c(C(C)C)c1N. The van der Waals surface area contributed by atoms with Gasteiger partial charge in [-0.3, -0.25) is 0 Å². The Balaban J connectivity index is 2.67. The molecular weight excluding hydrogens is 330 g/mol. The van der Waals surface area contributed by atoms with Crippen molar-refractivity contribution in [3.05, 3.63) is 27.4 Å². The van der Waals surface area contributed by atoms with Gasteiger partial charge in [0.1, 0.15) is 4.88 Å². The Bertz CT molecular complexity index is 615. The van der Waals surface area contributed by atoms with Crippen LogP contribution in [0.1, 0.15) is 35.0 Å². The van der Waals surface area contributed by atoms with Gasteiger partial charge in [-0.1, -0.05) is 13.8 Å². The van der Waals surface area contributed by atoms with Crippen molar-refractivity contribution in [2.24, 2.45) is 0 Å². The summed E-state index contributed by atoms with van der Waals surface area (Å²) in [7, 11) is 1.35. The number of carbonyl (C=O) groups excluding carboxylic acids is 1. The van der Waals surface area contributed by atoms with Crippen LogP contribution in [0, 0.1) is 0 Å². The Kier molecular flexibility index (Phi) is 4.01. The summed E-state index contributed by atoms with van der Waals surface area (Å²) in [6.07, 6.45) is 1.59. The molecule has 0 atom stereocenters. The van der Waals surface area contributed by atoms with E-state index in [4.69, 9.17) is 14.9 Å². The summed E-state index contributed by atoms with van der Waals surface area (Å²) >= 11 is 4.69. The van der Waals surface area contributed by atoms with Crippen LogP contribution >= 0.6 is 27.3 Å². The third kappa shape index (κ3) is 2.42. The second-order valence-corrected chi connectivity index (χ2v) is 6.08. The van der Waals surface area contributed by atoms with E-state index in [1.54, 1.807) is 6.26 Å². The van der Waals surface area contributed by atoms with E-state index in [-0.39, 0.29) is 5.92 Å². The number of thiophene rings is 1. The molecule has 19 heavy (non-hydrogen) atoms. The monoisotopic (exact) mass is 343 g/mol. The van der Waals surface area contributed by atoms with Crippen LogP contribution in [0.4, 0.5) is 5.69 Å². The Morgan fingerprint density at radius 3 is 2.68 bits per heavy atom. The molecule has 2 aromatic heterocycles. The highest BCUT2D eigenvalue weighted by Gasteiger charge is 2.25. The lowest BCUT2D eigenvalue weighted by Gasteiger charge is -2.07. The summed E-state index contributed by atoms with van der Waals surface area (Å²) in [6.45, 7) is 4.08. The van der Waals surface area contributed by atoms with Crippen LogP contribution in [-0.4, -0.2) is 13.1 Å². The Morgan fingerprint density at radius 2 is 2.21 bits per heavy atom. The van der Waals surface area contributed by atoms with Crippen molar-refractivity contribution in [1.29, 1.82) is 0 Å². The van der Waals surface area contributed by atoms with E-state index >= 15 is 0 Å². The normalized spacial score (nSPS) is 11.0. The smallest absolute Gasteiger partial charge is 0.350 e. The number of halogens is 1. The van der Waals surface area contributed by atoms with Gasteiger partial charge in [-0.15, -0.1) is 11.3 Å². The molecule has 6 heteroatoms. The number of methoxy groups -OCH3 is 1. The summed E-state index contributed by atoms with van der Waals surface area (Å²) in [5.41, 5.74) is 8.45. The number of carbonyl (C=O) groups is 1. The van der Waals surface area contributed by atoms with Crippen LogP contribution in [-0.2, 0) is 4.74 Å². The van der Waals surface area contributed by atoms with Crippen molar-refractivity contribution in [3.8, 4) is 10.4 Å². The van der Waals surface area contributed by atoms with Crippen molar-refractivity contribution >= 4 is 38.9 Å². The van der Waals surface area contributed by atoms with Gasteiger partial charge in [0, 0.05) is 10.4 Å². The van der Waals surface area contributed by atoms with Gasteiger partial charge in [0.05, 0.1) is 19.1 Å². The molecule has 2 aromatic rings. The number of ether oxygens (including phenoxy) is 1. The quantitative estimate of drug-likeness (QED) is 0.845. The number of esters is 1. The summed E-state index contributed by atoms with van der Waals surface area (Å²) in [5, 5.41) is 0. The average Bonchev–Trinajstić information content (AvgIpc) is 2.91. The van der Waals surface area contributed by atoms with E-state index < -0.39 is 5.97 Å². The van der Waals surface area contributed by atoms with Gasteiger partial charge < -0.3 is 14.9 Å². The van der Waals surface area contributed by atoms with Crippen LogP contribution < -0.4 is 5.73 Å². The Labute approximate surface area is 123 Å². The zero-order valence-electron chi connectivity index (χ0n) is 10.8. The lowest BCUT2D eigenvalue weighted by atomic mass is 9.99. The number of anilines is 1. The maximum atomic E-state index is 11.7. The van der Waals surface area contributed by atoms with Crippen LogP contribution in [0.3, 0.4) is 0 Å². The van der Waals surface area contributed by atoms with Crippen LogP contribution in [0.5, 0.6) is 0 Å². The molecule has 0 unspecified atom stereocenters. The molecule has 2 rings (SSSR count). The van der Waals surface area contributed by atoms with Gasteiger partial charge in [-0.2, -0.15) is 0 Å². The molecule has 0 aliphatic carbocycles. The molecule has 102 valence electrons. The minimum absolute atomic E-state index is 0.200. The molecule has 0 aliphatic rings. The predicted molar refractivity (Wildman–Crippen MR) is 79.6 cm³/mol. The zero-order chi connectivity index (χ0) is 14.2. The van der Waals surface area contributed by atoms with Gasteiger partial charge in [-0.05, 0) is 33.5 Å². The predicted octanol–water partition coefficient (Wildman–Crippen LogP) is 4.26. The summed E-state index contributed by atoms with van der Waals surface area (Å²) in [4.78, 5) is 13.1. The van der Waals surface area contributed by atoms with Crippen molar-refractivity contribution < 1.29 is 13.9 Å². The van der Waals surface area contributed by atoms with Crippen molar-refractivity contribution in [2.45, 2.75) is 19.8 Å². The van der Waals surface area contributed by atoms with Gasteiger partial charge in [0.2, 0.25) is 0 Å². The first-order valence-corrected chi connectivity index (χ1v) is 7.32. The lowest BCUT2D eigenvalue weighted by molar-refractivity contribution is 0.0607. The fourth-order valence-electron chi connectivity index (χ4n) is 1.93. The maximum absolute atomic E-state index is 11.7. The van der Waals surface area contributed by atoms with Crippen molar-refractivity contribution in [2.75, 3.05) is 12.8 Å². The summed E-state index contributed by atoms with van der Waals surface area (Å²) < 4.78 is 10.7. The Hall–Kier alpha value is -1.27. The second-order valence-electron chi connectivity index (χ2n) is 4.34. The van der Waals surface area contributed by atoms with Crippen LogP contribution in [0.25, 0.3) is 10.4 Å². The van der Waals surface area contributed by atoms with Crippen LogP contribution in [0.15, 0.2) is 21.4 Å². The third-order valence-electron chi connectivity index (χ3n) is 2.79. The molecule has 0 amide bonds. The molecule has 0 aliphatic heterocycles. The first-order valence-electron chi connectivity index (χ1n) is 5.71. The van der Waals surface area contributed by atoms with Gasteiger partial charge in [-0.25, -0.2) is 4.79 Å². The highest BCUT2D eigenvalue weighted by molar-refractivity contribution is 9.10. The molecule has 0 saturated carbocycles. The number of nitrogen functional groups attached to an aromatic ring is 1. The molecule has 0 fully saturated rings. The average molecular weight is 344 g/mol. The molecule has 2 N–H and O–H groups in total. The Morgan fingerprint density at radius 1 is 1.53 bits per heavy atom. The second kappa shape index (κ2) is 5.38. The van der Waals surface area contributed by atoms with E-state index in [0.29, 0.717) is 15.2 Å². The lowest BCUT2D eigenvalue weighted by Crippen LogP contribution is -2.03. The van der Waals surface area contributed by atoms with E-state index in [2.05, 4.69) is 15.9 Å². The largest absolute Gasteiger partial charge is 0.465 e. The van der Waals surface area contributed by atoms with Crippen molar-refractivity contribution in [1.82, 2.24) is 0 Å². The zero-order valence-corrected chi connectivity index (χ0v) is 13.2. The van der Waals surface area contributed by atoms with Gasteiger partial charge in [0.15, 0.2) is 4.67 Å². The van der Waals surface area contributed by atoms with Crippen molar-refractivity contribution in [3.63, 3.8) is 0 Å². The van der Waals surface area contributed by atoms with E-state index in [1.165, 1.54) is 18.4 Å². The minimum atomic E-state index is -0.407. The van der Waals surface area contributed by atoms with Gasteiger partial charge >= 0.3 is 5.97 Å². The maximum Gasteiger partial charge on any atom is 0.350 e. The topological polar surface area (TPSA) is 65.5 Å². The van der Waals surface area contributed by atoms with Crippen LogP contribution in [0.2, 0.25) is 0 Å². The molecule has 0 spiro atoms. The molecule has 0 bridgehead atoms. The number of hydrogen-bond acceptors (Lipinski definition) is 5. The fraction of sp³-hybridized carbons (Fsp3) is 0.308. The fourth-order valence-corrected chi connectivity index (χ4v) is 3.82.